The molecule has 0 aliphatic rings. The number of amides is 1. The summed E-state index contributed by atoms with van der Waals surface area (Å²) in [5.41, 5.74) is 4.06. The Hall–Kier alpha value is -2.24. The third-order valence-electron chi connectivity index (χ3n) is 3.38. The molecule has 24 heavy (non-hydrogen) atoms. The molecule has 0 aliphatic carbocycles. The van der Waals surface area contributed by atoms with E-state index in [1.807, 2.05) is 60.8 Å². The second-order valence-corrected chi connectivity index (χ2v) is 7.05. The molecule has 0 saturated carbocycles. The average molecular weight is 399 g/mol. The van der Waals surface area contributed by atoms with Gasteiger partial charge in [-0.2, -0.15) is 0 Å². The summed E-state index contributed by atoms with van der Waals surface area (Å²) in [4.78, 5) is 16.5. The zero-order valence-electron chi connectivity index (χ0n) is 13.0. The Kier molecular flexibility index (Phi) is 5.23. The first kappa shape index (κ1) is 16.6. The Balaban J connectivity index is 1.64. The van der Waals surface area contributed by atoms with Crippen LogP contribution >= 0.6 is 27.3 Å². The number of halogens is 1. The molecule has 0 fully saturated rings. The summed E-state index contributed by atoms with van der Waals surface area (Å²) in [7, 11) is 0. The van der Waals surface area contributed by atoms with Gasteiger partial charge in [0.15, 0.2) is 5.13 Å². The maximum absolute atomic E-state index is 12.0. The Labute approximate surface area is 153 Å². The number of nitrogens with zero attached hydrogens (tertiary/aromatic N) is 1. The molecule has 0 unspecified atom stereocenters. The van der Waals surface area contributed by atoms with E-state index in [0.29, 0.717) is 5.13 Å². The fourth-order valence-corrected chi connectivity index (χ4v) is 3.07. The van der Waals surface area contributed by atoms with E-state index in [4.69, 9.17) is 0 Å². The van der Waals surface area contributed by atoms with E-state index in [2.05, 4.69) is 26.2 Å². The number of carbonyl (C=O) groups excluding carboxylic acids is 1. The van der Waals surface area contributed by atoms with E-state index in [0.717, 1.165) is 21.3 Å². The van der Waals surface area contributed by atoms with Crippen LogP contribution in [-0.2, 0) is 4.79 Å². The number of aryl methyl sites for hydroxylation is 1. The predicted octanol–water partition coefficient (Wildman–Crippen LogP) is 5.53. The molecule has 1 N–H and O–H groups in total. The third kappa shape index (κ3) is 4.40. The number of aromatic nitrogens is 1. The van der Waals surface area contributed by atoms with Crippen molar-refractivity contribution >= 4 is 44.4 Å². The Morgan fingerprint density at radius 1 is 1.12 bits per heavy atom. The van der Waals surface area contributed by atoms with Gasteiger partial charge >= 0.3 is 0 Å². The van der Waals surface area contributed by atoms with Crippen LogP contribution in [0.3, 0.4) is 0 Å². The van der Waals surface area contributed by atoms with Crippen molar-refractivity contribution in [2.75, 3.05) is 5.32 Å². The van der Waals surface area contributed by atoms with Crippen LogP contribution in [0.2, 0.25) is 0 Å². The Morgan fingerprint density at radius 2 is 1.83 bits per heavy atom. The lowest BCUT2D eigenvalue weighted by molar-refractivity contribution is -0.111. The van der Waals surface area contributed by atoms with E-state index in [-0.39, 0.29) is 5.91 Å². The van der Waals surface area contributed by atoms with Crippen molar-refractivity contribution in [2.45, 2.75) is 6.92 Å². The van der Waals surface area contributed by atoms with E-state index in [1.165, 1.54) is 23.0 Å². The first-order valence-electron chi connectivity index (χ1n) is 7.37. The molecule has 0 spiro atoms. The van der Waals surface area contributed by atoms with Gasteiger partial charge in [-0.25, -0.2) is 4.98 Å². The molecule has 120 valence electrons. The minimum atomic E-state index is -0.188. The molecule has 1 heterocycles. The second-order valence-electron chi connectivity index (χ2n) is 5.28. The molecule has 1 aromatic heterocycles. The average Bonchev–Trinajstić information content (AvgIpc) is 3.03. The topological polar surface area (TPSA) is 42.0 Å². The van der Waals surface area contributed by atoms with Gasteiger partial charge in [-0.3, -0.25) is 10.1 Å². The summed E-state index contributed by atoms with van der Waals surface area (Å²) in [5.74, 6) is -0.188. The maximum atomic E-state index is 12.0. The zero-order chi connectivity index (χ0) is 16.9. The highest BCUT2D eigenvalue weighted by molar-refractivity contribution is 9.10. The van der Waals surface area contributed by atoms with E-state index < -0.39 is 0 Å². The summed E-state index contributed by atoms with van der Waals surface area (Å²) >= 11 is 4.83. The molecule has 1 amide bonds. The lowest BCUT2D eigenvalue weighted by Crippen LogP contribution is -2.07. The summed E-state index contributed by atoms with van der Waals surface area (Å²) < 4.78 is 1.02. The number of thiazole rings is 1. The highest BCUT2D eigenvalue weighted by Crippen LogP contribution is 2.26. The number of carbonyl (C=O) groups is 1. The van der Waals surface area contributed by atoms with Crippen LogP contribution in [0.15, 0.2) is 64.5 Å². The normalized spacial score (nSPS) is 10.9. The number of nitrogens with one attached hydrogen (secondary N) is 1. The molecular formula is C19H15BrN2OS. The lowest BCUT2D eigenvalue weighted by Gasteiger charge is -1.98. The molecule has 0 bridgehead atoms. The number of hydrogen-bond acceptors (Lipinski definition) is 3. The first-order valence-corrected chi connectivity index (χ1v) is 9.04. The summed E-state index contributed by atoms with van der Waals surface area (Å²) in [6.45, 7) is 2.03. The molecule has 3 aromatic rings. The van der Waals surface area contributed by atoms with Gasteiger partial charge < -0.3 is 0 Å². The molecule has 0 radical (unpaired) electrons. The number of rotatable bonds is 4. The van der Waals surface area contributed by atoms with Crippen LogP contribution in [0.5, 0.6) is 0 Å². The summed E-state index contributed by atoms with van der Waals surface area (Å²) in [6.07, 6.45) is 3.31. The molecular weight excluding hydrogens is 384 g/mol. The minimum Gasteiger partial charge on any atom is -0.298 e. The third-order valence-corrected chi connectivity index (χ3v) is 4.67. The van der Waals surface area contributed by atoms with Crippen molar-refractivity contribution in [1.82, 2.24) is 4.98 Å². The van der Waals surface area contributed by atoms with Crippen LogP contribution in [0.25, 0.3) is 17.3 Å². The number of anilines is 1. The molecule has 3 nitrogen and oxygen atoms in total. The molecule has 0 saturated heterocycles. The van der Waals surface area contributed by atoms with Gasteiger partial charge in [0.1, 0.15) is 0 Å². The fraction of sp³-hybridized carbons (Fsp3) is 0.0526. The quantitative estimate of drug-likeness (QED) is 0.586. The van der Waals surface area contributed by atoms with Crippen molar-refractivity contribution in [3.05, 3.63) is 75.6 Å². The van der Waals surface area contributed by atoms with Crippen LogP contribution in [0, 0.1) is 6.92 Å². The first-order chi connectivity index (χ1) is 11.6. The van der Waals surface area contributed by atoms with E-state index >= 15 is 0 Å². The lowest BCUT2D eigenvalue weighted by atomic mass is 10.1. The van der Waals surface area contributed by atoms with Crippen LogP contribution in [0.4, 0.5) is 5.13 Å². The van der Waals surface area contributed by atoms with Crippen molar-refractivity contribution < 1.29 is 4.79 Å². The molecule has 5 heteroatoms. The van der Waals surface area contributed by atoms with Gasteiger partial charge in [-0.05, 0) is 30.7 Å². The van der Waals surface area contributed by atoms with Crippen molar-refractivity contribution in [3.63, 3.8) is 0 Å². The van der Waals surface area contributed by atoms with Gasteiger partial charge in [0.2, 0.25) is 5.91 Å². The van der Waals surface area contributed by atoms with Gasteiger partial charge in [0.25, 0.3) is 0 Å². The minimum absolute atomic E-state index is 0.188. The van der Waals surface area contributed by atoms with Crippen molar-refractivity contribution in [2.24, 2.45) is 0 Å². The Bertz CT molecular complexity index is 867. The number of hydrogen-bond donors (Lipinski definition) is 1. The smallest absolute Gasteiger partial charge is 0.250 e. The van der Waals surface area contributed by atoms with Gasteiger partial charge in [-0.15, -0.1) is 11.3 Å². The molecule has 0 aliphatic heterocycles. The standard InChI is InChI=1S/C19H15BrN2OS/c1-13-2-4-14(5-3-13)6-11-18(23)22-19-21-17(12-24-19)15-7-9-16(20)10-8-15/h2-12H,1H3,(H,21,22,23)/b11-6+. The molecule has 0 atom stereocenters. The highest BCUT2D eigenvalue weighted by Gasteiger charge is 2.06. The predicted molar refractivity (Wildman–Crippen MR) is 104 cm³/mol. The number of benzene rings is 2. The largest absolute Gasteiger partial charge is 0.298 e. The van der Waals surface area contributed by atoms with Gasteiger partial charge in [0.05, 0.1) is 5.69 Å². The van der Waals surface area contributed by atoms with Crippen LogP contribution in [-0.4, -0.2) is 10.9 Å². The van der Waals surface area contributed by atoms with Crippen molar-refractivity contribution in [3.8, 4) is 11.3 Å². The van der Waals surface area contributed by atoms with Crippen molar-refractivity contribution in [1.29, 1.82) is 0 Å². The van der Waals surface area contributed by atoms with Gasteiger partial charge in [-0.1, -0.05) is 57.9 Å². The van der Waals surface area contributed by atoms with Crippen LogP contribution < -0.4 is 5.32 Å². The highest BCUT2D eigenvalue weighted by atomic mass is 79.9. The summed E-state index contributed by atoms with van der Waals surface area (Å²) in [5, 5.41) is 5.32. The maximum Gasteiger partial charge on any atom is 0.250 e. The zero-order valence-corrected chi connectivity index (χ0v) is 15.4. The molecule has 2 aromatic carbocycles. The fourth-order valence-electron chi connectivity index (χ4n) is 2.08. The SMILES string of the molecule is Cc1ccc(/C=C/C(=O)Nc2nc(-c3ccc(Br)cc3)cs2)cc1. The monoisotopic (exact) mass is 398 g/mol. The second kappa shape index (κ2) is 7.55. The molecule has 3 rings (SSSR count). The van der Waals surface area contributed by atoms with E-state index in [9.17, 15) is 4.79 Å². The Morgan fingerprint density at radius 3 is 2.54 bits per heavy atom. The summed E-state index contributed by atoms with van der Waals surface area (Å²) in [6, 6.07) is 15.9. The van der Waals surface area contributed by atoms with Crippen LogP contribution in [0.1, 0.15) is 11.1 Å². The van der Waals surface area contributed by atoms with E-state index in [1.54, 1.807) is 6.08 Å². The van der Waals surface area contributed by atoms with Gasteiger partial charge in [0, 0.05) is 21.5 Å².